The van der Waals surface area contributed by atoms with E-state index in [1.165, 1.54) is 0 Å². The van der Waals surface area contributed by atoms with Crippen LogP contribution in [-0.4, -0.2) is 71.4 Å². The first-order valence-electron chi connectivity index (χ1n) is 12.5. The largest absolute Gasteiger partial charge is 0.367 e. The highest BCUT2D eigenvalue weighted by Crippen LogP contribution is 2.39. The van der Waals surface area contributed by atoms with Gasteiger partial charge in [0.25, 0.3) is 0 Å². The lowest BCUT2D eigenvalue weighted by Crippen LogP contribution is -2.63. The first-order chi connectivity index (χ1) is 16.5. The maximum atomic E-state index is 13.3. The summed E-state index contributed by atoms with van der Waals surface area (Å²) >= 11 is 0. The molecule has 2 aromatic rings. The van der Waals surface area contributed by atoms with Crippen LogP contribution in [0.15, 0.2) is 24.4 Å². The van der Waals surface area contributed by atoms with E-state index in [0.29, 0.717) is 19.1 Å². The number of pyridine rings is 2. The Bertz CT molecular complexity index is 1140. The monoisotopic (exact) mass is 486 g/mol. The van der Waals surface area contributed by atoms with E-state index in [-0.39, 0.29) is 29.5 Å². The highest BCUT2D eigenvalue weighted by Gasteiger charge is 2.48. The van der Waals surface area contributed by atoms with E-state index in [1.54, 1.807) is 6.20 Å². The maximum absolute atomic E-state index is 13.3. The summed E-state index contributed by atoms with van der Waals surface area (Å²) in [7, 11) is -3.25. The van der Waals surface area contributed by atoms with Gasteiger partial charge in [-0.05, 0) is 51.2 Å². The summed E-state index contributed by atoms with van der Waals surface area (Å²) in [5.74, 6) is 1.59. The SMILES string of the molecule is CC1CC(Nc2cc3ncccc3c(NC3C[C@H]4CCC[C@@H](C3)N4S(=O)(=O)C3CNC3)n2)NN1. The third-order valence-corrected chi connectivity index (χ3v) is 10.1. The van der Waals surface area contributed by atoms with E-state index in [9.17, 15) is 8.42 Å². The fraction of sp³-hybridized carbons (Fsp3) is 0.652. The van der Waals surface area contributed by atoms with Gasteiger partial charge < -0.3 is 16.0 Å². The molecule has 0 saturated carbocycles. The van der Waals surface area contributed by atoms with Crippen LogP contribution in [-0.2, 0) is 10.0 Å². The normalized spacial score (nSPS) is 32.4. The highest BCUT2D eigenvalue weighted by molar-refractivity contribution is 7.89. The minimum absolute atomic E-state index is 0.0662. The lowest BCUT2D eigenvalue weighted by atomic mass is 9.84. The van der Waals surface area contributed by atoms with Gasteiger partial charge in [0.1, 0.15) is 16.9 Å². The third kappa shape index (κ3) is 4.13. The van der Waals surface area contributed by atoms with Crippen LogP contribution in [0, 0.1) is 0 Å². The Balaban J connectivity index is 1.24. The number of hydrogen-bond acceptors (Lipinski definition) is 9. The predicted molar refractivity (Wildman–Crippen MR) is 133 cm³/mol. The number of anilines is 2. The van der Waals surface area contributed by atoms with Crippen LogP contribution in [0.4, 0.5) is 11.6 Å². The molecule has 6 rings (SSSR count). The lowest BCUT2D eigenvalue weighted by molar-refractivity contribution is 0.113. The Labute approximate surface area is 200 Å². The molecule has 5 N–H and O–H groups in total. The predicted octanol–water partition coefficient (Wildman–Crippen LogP) is 1.35. The zero-order chi connectivity index (χ0) is 23.3. The molecule has 4 fully saturated rings. The Morgan fingerprint density at radius 3 is 2.56 bits per heavy atom. The third-order valence-electron chi connectivity index (χ3n) is 7.72. The molecule has 184 valence electrons. The number of hydrogen-bond donors (Lipinski definition) is 5. The van der Waals surface area contributed by atoms with E-state index in [4.69, 9.17) is 4.98 Å². The Morgan fingerprint density at radius 1 is 1.09 bits per heavy atom. The number of aromatic nitrogens is 2. The molecule has 0 aliphatic carbocycles. The standard InChI is InChI=1S/C23H34N8O2S/c1-14-8-22(30-29-14)27-21-11-20-19(6-3-7-25-20)23(28-21)26-15-9-16-4-2-5-17(10-15)31(16)34(32,33)18-12-24-13-18/h3,6-7,11,14-18,22,24,29-30H,2,4-5,8-10,12-13H2,1H3,(H2,26,27,28)/t14?,15?,16-,17+,22?. The number of sulfonamides is 1. The summed E-state index contributed by atoms with van der Waals surface area (Å²) in [5.41, 5.74) is 7.38. The molecule has 0 amide bonds. The molecule has 10 nitrogen and oxygen atoms in total. The number of rotatable bonds is 6. The molecule has 6 heterocycles. The van der Waals surface area contributed by atoms with E-state index in [2.05, 4.69) is 38.7 Å². The van der Waals surface area contributed by atoms with E-state index in [1.807, 2.05) is 22.5 Å². The summed E-state index contributed by atoms with van der Waals surface area (Å²) in [6, 6.07) is 6.67. The maximum Gasteiger partial charge on any atom is 0.220 e. The van der Waals surface area contributed by atoms with Gasteiger partial charge in [0, 0.05) is 54.9 Å². The lowest BCUT2D eigenvalue weighted by Gasteiger charge is -2.49. The fourth-order valence-corrected chi connectivity index (χ4v) is 8.17. The van der Waals surface area contributed by atoms with Gasteiger partial charge in [-0.25, -0.2) is 18.8 Å². The molecule has 2 bridgehead atoms. The van der Waals surface area contributed by atoms with Crippen molar-refractivity contribution in [1.29, 1.82) is 0 Å². The van der Waals surface area contributed by atoms with Gasteiger partial charge in [-0.3, -0.25) is 10.4 Å². The average Bonchev–Trinajstić information content (AvgIpc) is 3.16. The van der Waals surface area contributed by atoms with Crippen LogP contribution in [0.2, 0.25) is 0 Å². The van der Waals surface area contributed by atoms with Gasteiger partial charge >= 0.3 is 0 Å². The fourth-order valence-electron chi connectivity index (χ4n) is 5.96. The van der Waals surface area contributed by atoms with Crippen molar-refractivity contribution < 1.29 is 8.42 Å². The first kappa shape index (κ1) is 22.4. The molecular weight excluding hydrogens is 452 g/mol. The van der Waals surface area contributed by atoms with Crippen LogP contribution in [0.3, 0.4) is 0 Å². The molecule has 0 radical (unpaired) electrons. The molecule has 4 aliphatic rings. The van der Waals surface area contributed by atoms with Crippen LogP contribution in [0.5, 0.6) is 0 Å². The quantitative estimate of drug-likeness (QED) is 0.412. The second-order valence-electron chi connectivity index (χ2n) is 10.3. The molecule has 34 heavy (non-hydrogen) atoms. The van der Waals surface area contributed by atoms with Gasteiger partial charge in [0.2, 0.25) is 10.0 Å². The Kier molecular flexibility index (Phi) is 5.85. The Morgan fingerprint density at radius 2 is 1.88 bits per heavy atom. The number of fused-ring (bicyclic) bond motifs is 3. The molecule has 0 aromatic carbocycles. The van der Waals surface area contributed by atoms with Crippen molar-refractivity contribution in [2.45, 2.75) is 81.0 Å². The number of hydrazine groups is 1. The second kappa shape index (κ2) is 8.87. The van der Waals surface area contributed by atoms with Crippen molar-refractivity contribution >= 4 is 32.6 Å². The van der Waals surface area contributed by atoms with Crippen LogP contribution in [0.25, 0.3) is 10.9 Å². The number of nitrogens with one attached hydrogen (secondary N) is 5. The van der Waals surface area contributed by atoms with Crippen molar-refractivity contribution in [1.82, 2.24) is 30.4 Å². The van der Waals surface area contributed by atoms with Crippen molar-refractivity contribution in [3.05, 3.63) is 24.4 Å². The molecule has 5 atom stereocenters. The summed E-state index contributed by atoms with van der Waals surface area (Å²) in [4.78, 5) is 9.50. The summed E-state index contributed by atoms with van der Waals surface area (Å²) in [6.07, 6.45) is 7.44. The van der Waals surface area contributed by atoms with Crippen molar-refractivity contribution in [2.75, 3.05) is 23.7 Å². The van der Waals surface area contributed by atoms with Gasteiger partial charge in [-0.1, -0.05) is 6.42 Å². The minimum atomic E-state index is -3.25. The zero-order valence-electron chi connectivity index (χ0n) is 19.5. The summed E-state index contributed by atoms with van der Waals surface area (Å²) in [5, 5.41) is 11.0. The van der Waals surface area contributed by atoms with Crippen LogP contribution < -0.4 is 26.8 Å². The first-order valence-corrected chi connectivity index (χ1v) is 14.0. The average molecular weight is 487 g/mol. The molecule has 4 saturated heterocycles. The number of nitrogens with zero attached hydrogens (tertiary/aromatic N) is 3. The van der Waals surface area contributed by atoms with Crippen molar-refractivity contribution in [2.24, 2.45) is 0 Å². The summed E-state index contributed by atoms with van der Waals surface area (Å²) in [6.45, 7) is 3.29. The highest BCUT2D eigenvalue weighted by atomic mass is 32.2. The summed E-state index contributed by atoms with van der Waals surface area (Å²) < 4.78 is 28.4. The van der Waals surface area contributed by atoms with Gasteiger partial charge in [0.15, 0.2) is 0 Å². The molecule has 3 unspecified atom stereocenters. The topological polar surface area (TPSA) is 123 Å². The molecule has 0 spiro atoms. The molecule has 11 heteroatoms. The molecule has 4 aliphatic heterocycles. The van der Waals surface area contributed by atoms with Crippen LogP contribution in [0.1, 0.15) is 45.4 Å². The van der Waals surface area contributed by atoms with Gasteiger partial charge in [0.05, 0.1) is 11.7 Å². The smallest absolute Gasteiger partial charge is 0.220 e. The van der Waals surface area contributed by atoms with E-state index in [0.717, 1.165) is 61.1 Å². The molecule has 2 aromatic heterocycles. The van der Waals surface area contributed by atoms with Crippen molar-refractivity contribution in [3.8, 4) is 0 Å². The number of piperidine rings is 2. The molecular formula is C23H34N8O2S. The Hall–Kier alpha value is -2.05. The van der Waals surface area contributed by atoms with Crippen molar-refractivity contribution in [3.63, 3.8) is 0 Å². The zero-order valence-corrected chi connectivity index (χ0v) is 20.3. The second-order valence-corrected chi connectivity index (χ2v) is 12.4. The van der Waals surface area contributed by atoms with Gasteiger partial charge in [-0.15, -0.1) is 0 Å². The minimum Gasteiger partial charge on any atom is -0.367 e. The van der Waals surface area contributed by atoms with Crippen LogP contribution >= 0.6 is 0 Å². The van der Waals surface area contributed by atoms with E-state index >= 15 is 0 Å². The van der Waals surface area contributed by atoms with E-state index < -0.39 is 10.0 Å². The van der Waals surface area contributed by atoms with Gasteiger partial charge in [-0.2, -0.15) is 4.31 Å².